The summed E-state index contributed by atoms with van der Waals surface area (Å²) in [4.78, 5) is 35.6. The summed E-state index contributed by atoms with van der Waals surface area (Å²) < 4.78 is 9.03. The molecule has 96 valence electrons. The zero-order valence-electron chi connectivity index (χ0n) is 9.34. The van der Waals surface area contributed by atoms with E-state index in [9.17, 15) is 14.4 Å². The van der Waals surface area contributed by atoms with Gasteiger partial charge in [0.15, 0.2) is 6.04 Å². The fourth-order valence-electron chi connectivity index (χ4n) is 1.27. The number of carbonyl (C=O) groups excluding carboxylic acids is 3. The van der Waals surface area contributed by atoms with Crippen LogP contribution in [-0.2, 0) is 14.3 Å². The predicted octanol–water partition coefficient (Wildman–Crippen LogP) is 1.96. The first-order chi connectivity index (χ1) is 8.02. The van der Waals surface area contributed by atoms with Crippen molar-refractivity contribution < 1.29 is 23.9 Å². The van der Waals surface area contributed by atoms with Gasteiger partial charge in [-0.25, -0.2) is 14.5 Å². The third-order valence-corrected chi connectivity index (χ3v) is 3.87. The highest BCUT2D eigenvalue weighted by molar-refractivity contribution is 9.11. The highest BCUT2D eigenvalue weighted by Crippen LogP contribution is 2.36. The maximum Gasteiger partial charge on any atom is 0.418 e. The van der Waals surface area contributed by atoms with Crippen molar-refractivity contribution in [1.29, 1.82) is 0 Å². The molecule has 1 heterocycles. The summed E-state index contributed by atoms with van der Waals surface area (Å²) in [5, 5.41) is -0.525. The zero-order valence-corrected chi connectivity index (χ0v) is 11.7. The highest BCUT2D eigenvalue weighted by Gasteiger charge is 2.49. The van der Waals surface area contributed by atoms with Crippen LogP contribution in [0.1, 0.15) is 13.8 Å². The lowest BCUT2D eigenvalue weighted by Crippen LogP contribution is -2.46. The number of nitrogens with zero attached hydrogens (tertiary/aromatic N) is 1. The molecule has 0 bridgehead atoms. The second-order valence-corrected chi connectivity index (χ2v) is 5.69. The van der Waals surface area contributed by atoms with Crippen LogP contribution in [0.25, 0.3) is 0 Å². The molecule has 1 aliphatic heterocycles. The number of esters is 1. The number of ether oxygens (including phenoxy) is 2. The summed E-state index contributed by atoms with van der Waals surface area (Å²) in [6.07, 6.45) is -0.829. The average Bonchev–Trinajstić information content (AvgIpc) is 2.54. The lowest BCUT2D eigenvalue weighted by atomic mass is 10.3. The Morgan fingerprint density at radius 3 is 2.47 bits per heavy atom. The maximum atomic E-state index is 11.7. The largest absolute Gasteiger partial charge is 0.464 e. The van der Waals surface area contributed by atoms with Crippen LogP contribution >= 0.6 is 27.7 Å². The molecule has 1 saturated heterocycles. The fraction of sp³-hybridized carbons (Fsp3) is 0.667. The van der Waals surface area contributed by atoms with Gasteiger partial charge < -0.3 is 9.47 Å². The zero-order chi connectivity index (χ0) is 13.0. The Hall–Kier alpha value is -0.760. The van der Waals surface area contributed by atoms with Crippen molar-refractivity contribution in [2.75, 3.05) is 13.2 Å². The van der Waals surface area contributed by atoms with Gasteiger partial charge in [-0.15, -0.1) is 0 Å². The molecule has 17 heavy (non-hydrogen) atoms. The van der Waals surface area contributed by atoms with E-state index in [0.29, 0.717) is 0 Å². The quantitative estimate of drug-likeness (QED) is 0.583. The van der Waals surface area contributed by atoms with Crippen LogP contribution in [0.3, 0.4) is 0 Å². The minimum atomic E-state index is -0.980. The second-order valence-electron chi connectivity index (χ2n) is 3.00. The van der Waals surface area contributed by atoms with Crippen LogP contribution in [0.2, 0.25) is 0 Å². The van der Waals surface area contributed by atoms with Gasteiger partial charge in [-0.3, -0.25) is 4.79 Å². The number of amides is 2. The van der Waals surface area contributed by atoms with Gasteiger partial charge in [0.05, 0.1) is 13.2 Å². The first-order valence-electron chi connectivity index (χ1n) is 5.00. The number of rotatable bonds is 3. The summed E-state index contributed by atoms with van der Waals surface area (Å²) in [6.45, 7) is 3.59. The summed E-state index contributed by atoms with van der Waals surface area (Å²) >= 11 is 4.01. The molecule has 1 fully saturated rings. The summed E-state index contributed by atoms with van der Waals surface area (Å²) in [5.74, 6) is -0.624. The Bertz CT molecular complexity index is 337. The van der Waals surface area contributed by atoms with Gasteiger partial charge in [-0.2, -0.15) is 0 Å². The molecular formula is C9H12BrNO5S. The number of alkyl halides is 1. The first kappa shape index (κ1) is 14.3. The highest BCUT2D eigenvalue weighted by atomic mass is 79.9. The van der Waals surface area contributed by atoms with Crippen LogP contribution in [0, 0.1) is 0 Å². The van der Waals surface area contributed by atoms with E-state index in [-0.39, 0.29) is 13.2 Å². The van der Waals surface area contributed by atoms with Gasteiger partial charge in [0.1, 0.15) is 4.16 Å². The van der Waals surface area contributed by atoms with Gasteiger partial charge in [0, 0.05) is 0 Å². The third kappa shape index (κ3) is 3.12. The smallest absolute Gasteiger partial charge is 0.418 e. The van der Waals surface area contributed by atoms with E-state index in [1.54, 1.807) is 13.8 Å². The molecule has 8 heteroatoms. The molecule has 2 amide bonds. The number of imide groups is 1. The normalized spacial score (nSPS) is 23.7. The molecule has 2 unspecified atom stereocenters. The minimum Gasteiger partial charge on any atom is -0.464 e. The Morgan fingerprint density at radius 2 is 1.94 bits per heavy atom. The Labute approximate surface area is 111 Å². The van der Waals surface area contributed by atoms with Crippen LogP contribution in [0.15, 0.2) is 0 Å². The maximum absolute atomic E-state index is 11.7. The molecule has 1 rings (SSSR count). The lowest BCUT2D eigenvalue weighted by Gasteiger charge is -2.20. The number of thioether (sulfide) groups is 1. The van der Waals surface area contributed by atoms with Gasteiger partial charge >= 0.3 is 12.1 Å². The van der Waals surface area contributed by atoms with E-state index in [1.807, 2.05) is 0 Å². The molecule has 0 spiro atoms. The molecule has 0 N–H and O–H groups in total. The van der Waals surface area contributed by atoms with E-state index < -0.39 is 27.5 Å². The lowest BCUT2D eigenvalue weighted by molar-refractivity contribution is -0.147. The Morgan fingerprint density at radius 1 is 1.35 bits per heavy atom. The molecule has 0 aromatic carbocycles. The third-order valence-electron chi connectivity index (χ3n) is 1.93. The van der Waals surface area contributed by atoms with Gasteiger partial charge in [-0.05, 0) is 25.6 Å². The standard InChI is InChI=1S/C9H12BrNO5S/c1-3-15-7(12)5-6(10)17-9(14)11(5)8(13)16-4-2/h5-6H,3-4H2,1-2H3. The van der Waals surface area contributed by atoms with E-state index in [0.717, 1.165) is 16.7 Å². The monoisotopic (exact) mass is 325 g/mol. The van der Waals surface area contributed by atoms with Crippen LogP contribution in [0.4, 0.5) is 9.59 Å². The molecule has 0 aromatic rings. The molecule has 2 atom stereocenters. The predicted molar refractivity (Wildman–Crippen MR) is 65.0 cm³/mol. The van der Waals surface area contributed by atoms with Crippen molar-refractivity contribution in [3.63, 3.8) is 0 Å². The first-order valence-corrected chi connectivity index (χ1v) is 6.79. The van der Waals surface area contributed by atoms with Gasteiger partial charge in [0.2, 0.25) is 0 Å². The number of hydrogen-bond donors (Lipinski definition) is 0. The van der Waals surface area contributed by atoms with Crippen LogP contribution in [0.5, 0.6) is 0 Å². The number of halogens is 1. The molecular weight excluding hydrogens is 314 g/mol. The van der Waals surface area contributed by atoms with Crippen LogP contribution in [-0.4, -0.2) is 45.6 Å². The summed E-state index contributed by atoms with van der Waals surface area (Å²) in [5.41, 5.74) is 0. The number of carbonyl (C=O) groups is 3. The fourth-order valence-corrected chi connectivity index (χ4v) is 3.06. The topological polar surface area (TPSA) is 72.9 Å². The Kier molecular flexibility index (Phi) is 5.26. The van der Waals surface area contributed by atoms with E-state index in [1.165, 1.54) is 0 Å². The SMILES string of the molecule is CCOC(=O)C1C(Br)SC(=O)N1C(=O)OCC. The van der Waals surface area contributed by atoms with Crippen molar-refractivity contribution in [3.05, 3.63) is 0 Å². The molecule has 0 saturated carbocycles. The van der Waals surface area contributed by atoms with E-state index in [4.69, 9.17) is 9.47 Å². The second kappa shape index (κ2) is 6.25. The number of hydrogen-bond acceptors (Lipinski definition) is 6. The van der Waals surface area contributed by atoms with Crippen molar-refractivity contribution in [1.82, 2.24) is 4.90 Å². The van der Waals surface area contributed by atoms with Crippen molar-refractivity contribution in [2.24, 2.45) is 0 Å². The molecule has 1 aliphatic rings. The van der Waals surface area contributed by atoms with Crippen LogP contribution < -0.4 is 0 Å². The van der Waals surface area contributed by atoms with Crippen molar-refractivity contribution in [3.8, 4) is 0 Å². The molecule has 0 aliphatic carbocycles. The van der Waals surface area contributed by atoms with E-state index in [2.05, 4.69) is 15.9 Å². The van der Waals surface area contributed by atoms with Crippen molar-refractivity contribution >= 4 is 45.0 Å². The molecule has 0 aromatic heterocycles. The van der Waals surface area contributed by atoms with Crippen molar-refractivity contribution in [2.45, 2.75) is 24.0 Å². The summed E-state index contributed by atoms with van der Waals surface area (Å²) in [7, 11) is 0. The molecule has 6 nitrogen and oxygen atoms in total. The van der Waals surface area contributed by atoms with Gasteiger partial charge in [0.25, 0.3) is 5.24 Å². The Balaban J connectivity index is 2.86. The minimum absolute atomic E-state index is 0.135. The van der Waals surface area contributed by atoms with E-state index >= 15 is 0 Å². The summed E-state index contributed by atoms with van der Waals surface area (Å²) in [6, 6.07) is -0.980. The average molecular weight is 326 g/mol. The van der Waals surface area contributed by atoms with Gasteiger partial charge in [-0.1, -0.05) is 15.9 Å². The molecule has 0 radical (unpaired) electrons.